The van der Waals surface area contributed by atoms with Crippen molar-refractivity contribution in [3.05, 3.63) is 64.7 Å². The summed E-state index contributed by atoms with van der Waals surface area (Å²) in [5.74, 6) is 0.472. The van der Waals surface area contributed by atoms with Gasteiger partial charge in [-0.15, -0.1) is 0 Å². The number of hydrogen-bond acceptors (Lipinski definition) is 4. The largest absolute Gasteiger partial charge is 0.493 e. The first-order valence-corrected chi connectivity index (χ1v) is 8.56. The van der Waals surface area contributed by atoms with Gasteiger partial charge in [-0.3, -0.25) is 4.79 Å². The predicted octanol–water partition coefficient (Wildman–Crippen LogP) is 3.99. The third-order valence-corrected chi connectivity index (χ3v) is 4.04. The maximum absolute atomic E-state index is 12.8. The van der Waals surface area contributed by atoms with Crippen LogP contribution in [0.4, 0.5) is 13.2 Å². The molecular formula is C21H19F3N2O3. The van der Waals surface area contributed by atoms with Gasteiger partial charge in [0, 0.05) is 6.54 Å². The Morgan fingerprint density at radius 3 is 2.48 bits per heavy atom. The molecule has 0 aliphatic heterocycles. The Labute approximate surface area is 166 Å². The van der Waals surface area contributed by atoms with E-state index in [4.69, 9.17) is 9.47 Å². The van der Waals surface area contributed by atoms with E-state index in [1.165, 1.54) is 26.4 Å². The zero-order chi connectivity index (χ0) is 21.4. The number of rotatable bonds is 7. The summed E-state index contributed by atoms with van der Waals surface area (Å²) in [6.45, 7) is 0.232. The first-order valence-electron chi connectivity index (χ1n) is 8.56. The van der Waals surface area contributed by atoms with Gasteiger partial charge in [0.2, 0.25) is 0 Å². The topological polar surface area (TPSA) is 71.3 Å². The molecule has 0 saturated heterocycles. The van der Waals surface area contributed by atoms with Crippen LogP contribution in [0.1, 0.15) is 16.7 Å². The minimum absolute atomic E-state index is 0.117. The van der Waals surface area contributed by atoms with E-state index in [-0.39, 0.29) is 17.7 Å². The molecule has 2 aromatic rings. The van der Waals surface area contributed by atoms with Crippen LogP contribution >= 0.6 is 0 Å². The number of alkyl halides is 3. The van der Waals surface area contributed by atoms with Crippen molar-refractivity contribution in [2.24, 2.45) is 0 Å². The highest BCUT2D eigenvalue weighted by atomic mass is 19.4. The molecular weight excluding hydrogens is 385 g/mol. The maximum Gasteiger partial charge on any atom is 0.416 e. The van der Waals surface area contributed by atoms with Gasteiger partial charge in [0.05, 0.1) is 19.8 Å². The third kappa shape index (κ3) is 6.01. The maximum atomic E-state index is 12.8. The summed E-state index contributed by atoms with van der Waals surface area (Å²) in [6, 6.07) is 11.5. The van der Waals surface area contributed by atoms with Crippen molar-refractivity contribution in [1.82, 2.24) is 5.32 Å². The minimum atomic E-state index is -4.50. The Hall–Kier alpha value is -3.47. The first-order chi connectivity index (χ1) is 13.8. The van der Waals surface area contributed by atoms with Gasteiger partial charge in [0.1, 0.15) is 11.6 Å². The number of halogens is 3. The van der Waals surface area contributed by atoms with Gasteiger partial charge >= 0.3 is 6.18 Å². The molecule has 29 heavy (non-hydrogen) atoms. The molecule has 0 aliphatic carbocycles. The lowest BCUT2D eigenvalue weighted by atomic mass is 10.1. The number of carbonyl (C=O) groups is 1. The normalized spacial score (nSPS) is 11.5. The summed E-state index contributed by atoms with van der Waals surface area (Å²) in [4.78, 5) is 12.2. The number of amides is 1. The minimum Gasteiger partial charge on any atom is -0.493 e. The van der Waals surface area contributed by atoms with Crippen molar-refractivity contribution in [3.63, 3.8) is 0 Å². The number of carbonyl (C=O) groups excluding carboxylic acids is 1. The highest BCUT2D eigenvalue weighted by molar-refractivity contribution is 6.01. The molecule has 8 heteroatoms. The fraction of sp³-hybridized carbons (Fsp3) is 0.238. The highest BCUT2D eigenvalue weighted by Gasteiger charge is 2.30. The van der Waals surface area contributed by atoms with E-state index in [9.17, 15) is 23.2 Å². The van der Waals surface area contributed by atoms with Crippen LogP contribution in [0.2, 0.25) is 0 Å². The third-order valence-electron chi connectivity index (χ3n) is 4.04. The van der Waals surface area contributed by atoms with Gasteiger partial charge in [0.25, 0.3) is 5.91 Å². The molecule has 2 aromatic carbocycles. The number of hydrogen-bond donors (Lipinski definition) is 1. The molecule has 5 nitrogen and oxygen atoms in total. The molecule has 0 spiro atoms. The standard InChI is InChI=1S/C21H19F3N2O3/c1-28-18-7-6-14(12-19(18)29-2)8-9-26-20(27)16(13-25)10-15-4-3-5-17(11-15)21(22,23)24/h3-7,10-12H,8-9H2,1-2H3,(H,26,27). The molecule has 0 radical (unpaired) electrons. The van der Waals surface area contributed by atoms with E-state index >= 15 is 0 Å². The number of methoxy groups -OCH3 is 2. The second-order valence-electron chi connectivity index (χ2n) is 5.99. The molecule has 1 N–H and O–H groups in total. The number of ether oxygens (including phenoxy) is 2. The summed E-state index contributed by atoms with van der Waals surface area (Å²) < 4.78 is 48.8. The molecule has 0 saturated carbocycles. The molecule has 0 fully saturated rings. The summed E-state index contributed by atoms with van der Waals surface area (Å²) >= 11 is 0. The Kier molecular flexibility index (Phi) is 7.26. The SMILES string of the molecule is COc1ccc(CCNC(=O)C(C#N)=Cc2cccc(C(F)(F)F)c2)cc1OC. The lowest BCUT2D eigenvalue weighted by Gasteiger charge is -2.10. The molecule has 0 aromatic heterocycles. The van der Waals surface area contributed by atoms with E-state index in [2.05, 4.69) is 5.32 Å². The number of nitriles is 1. The van der Waals surface area contributed by atoms with Crippen LogP contribution in [-0.2, 0) is 17.4 Å². The van der Waals surface area contributed by atoms with Crippen LogP contribution in [0.5, 0.6) is 11.5 Å². The number of nitrogens with one attached hydrogen (secondary N) is 1. The molecule has 0 aliphatic rings. The second-order valence-corrected chi connectivity index (χ2v) is 5.99. The Bertz CT molecular complexity index is 947. The van der Waals surface area contributed by atoms with E-state index < -0.39 is 17.6 Å². The van der Waals surface area contributed by atoms with Crippen molar-refractivity contribution in [2.75, 3.05) is 20.8 Å². The quantitative estimate of drug-likeness (QED) is 0.560. The lowest BCUT2D eigenvalue weighted by Crippen LogP contribution is -2.26. The van der Waals surface area contributed by atoms with Crippen molar-refractivity contribution >= 4 is 12.0 Å². The van der Waals surface area contributed by atoms with Crippen LogP contribution in [0.25, 0.3) is 6.08 Å². The fourth-order valence-electron chi connectivity index (χ4n) is 2.57. The van der Waals surface area contributed by atoms with Gasteiger partial charge in [-0.25, -0.2) is 0 Å². The highest BCUT2D eigenvalue weighted by Crippen LogP contribution is 2.30. The lowest BCUT2D eigenvalue weighted by molar-refractivity contribution is -0.137. The van der Waals surface area contributed by atoms with Gasteiger partial charge in [-0.1, -0.05) is 18.2 Å². The average molecular weight is 404 g/mol. The smallest absolute Gasteiger partial charge is 0.416 e. The van der Waals surface area contributed by atoms with E-state index in [0.29, 0.717) is 17.9 Å². The van der Waals surface area contributed by atoms with Crippen LogP contribution in [-0.4, -0.2) is 26.7 Å². The molecule has 0 heterocycles. The summed E-state index contributed by atoms with van der Waals surface area (Å²) in [7, 11) is 3.04. The second kappa shape index (κ2) is 9.64. The molecule has 2 rings (SSSR count). The Morgan fingerprint density at radius 2 is 1.86 bits per heavy atom. The molecule has 0 unspecified atom stereocenters. The van der Waals surface area contributed by atoms with Gasteiger partial charge < -0.3 is 14.8 Å². The summed E-state index contributed by atoms with van der Waals surface area (Å²) in [6.07, 6.45) is -2.91. The molecule has 152 valence electrons. The van der Waals surface area contributed by atoms with Gasteiger partial charge in [-0.2, -0.15) is 18.4 Å². The molecule has 0 atom stereocenters. The van der Waals surface area contributed by atoms with E-state index in [1.807, 2.05) is 6.07 Å². The monoisotopic (exact) mass is 404 g/mol. The van der Waals surface area contributed by atoms with Crippen molar-refractivity contribution in [1.29, 1.82) is 5.26 Å². The van der Waals surface area contributed by atoms with E-state index in [1.54, 1.807) is 18.2 Å². The fourth-order valence-corrected chi connectivity index (χ4v) is 2.57. The van der Waals surface area contributed by atoms with Gasteiger partial charge in [-0.05, 0) is 47.9 Å². The van der Waals surface area contributed by atoms with Crippen LogP contribution in [0.15, 0.2) is 48.0 Å². The van der Waals surface area contributed by atoms with Crippen LogP contribution in [0.3, 0.4) is 0 Å². The van der Waals surface area contributed by atoms with Crippen molar-refractivity contribution in [3.8, 4) is 17.6 Å². The van der Waals surface area contributed by atoms with Crippen LogP contribution in [0, 0.1) is 11.3 Å². The van der Waals surface area contributed by atoms with Crippen LogP contribution < -0.4 is 14.8 Å². The van der Waals surface area contributed by atoms with E-state index in [0.717, 1.165) is 23.8 Å². The zero-order valence-corrected chi connectivity index (χ0v) is 15.8. The molecule has 0 bridgehead atoms. The summed E-state index contributed by atoms with van der Waals surface area (Å²) in [5.41, 5.74) is -0.135. The van der Waals surface area contributed by atoms with Gasteiger partial charge in [0.15, 0.2) is 11.5 Å². The first kappa shape index (κ1) is 21.8. The predicted molar refractivity (Wildman–Crippen MR) is 101 cm³/mol. The summed E-state index contributed by atoms with van der Waals surface area (Å²) in [5, 5.41) is 11.8. The zero-order valence-electron chi connectivity index (χ0n) is 15.8. The Morgan fingerprint density at radius 1 is 1.14 bits per heavy atom. The average Bonchev–Trinajstić information content (AvgIpc) is 2.71. The van der Waals surface area contributed by atoms with Crippen molar-refractivity contribution < 1.29 is 27.4 Å². The Balaban J connectivity index is 2.04. The number of nitrogens with zero attached hydrogens (tertiary/aromatic N) is 1. The van der Waals surface area contributed by atoms with Crippen molar-refractivity contribution in [2.45, 2.75) is 12.6 Å². The molecule has 1 amide bonds. The number of benzene rings is 2.